The van der Waals surface area contributed by atoms with Gasteiger partial charge in [-0.3, -0.25) is 10.8 Å². The number of hydrogen-bond acceptors (Lipinski definition) is 6. The summed E-state index contributed by atoms with van der Waals surface area (Å²) in [5.74, 6) is -0.0348. The molecule has 2 rings (SSSR count). The summed E-state index contributed by atoms with van der Waals surface area (Å²) < 4.78 is 5.15. The molecule has 0 atom stereocenters. The fourth-order valence-corrected chi connectivity index (χ4v) is 1.58. The van der Waals surface area contributed by atoms with Gasteiger partial charge in [-0.05, 0) is 6.07 Å². The lowest BCUT2D eigenvalue weighted by Crippen LogP contribution is -2.21. The van der Waals surface area contributed by atoms with E-state index in [9.17, 15) is 4.79 Å². The lowest BCUT2D eigenvalue weighted by atomic mass is 10.2. The molecule has 9 heteroatoms. The van der Waals surface area contributed by atoms with Crippen LogP contribution in [-0.2, 0) is 0 Å². The number of nitrogens with zero attached hydrogens (tertiary/aromatic N) is 2. The molecule has 0 bridgehead atoms. The smallest absolute Gasteiger partial charge is 0.323 e. The van der Waals surface area contributed by atoms with Gasteiger partial charge in [-0.25, -0.2) is 4.79 Å². The van der Waals surface area contributed by atoms with Gasteiger partial charge in [0.25, 0.3) is 0 Å². The third kappa shape index (κ3) is 2.44. The van der Waals surface area contributed by atoms with Crippen molar-refractivity contribution in [3.63, 3.8) is 0 Å². The van der Waals surface area contributed by atoms with Crippen LogP contribution in [0.5, 0.6) is 5.75 Å². The van der Waals surface area contributed by atoms with E-state index in [1.807, 2.05) is 0 Å². The van der Waals surface area contributed by atoms with Gasteiger partial charge < -0.3 is 20.4 Å². The van der Waals surface area contributed by atoms with Crippen molar-refractivity contribution in [2.75, 3.05) is 12.5 Å². The minimum absolute atomic E-state index is 0.255. The van der Waals surface area contributed by atoms with Crippen LogP contribution in [0.2, 0.25) is 0 Å². The van der Waals surface area contributed by atoms with Crippen LogP contribution in [0.25, 0.3) is 11.0 Å². The molecule has 0 radical (unpaired) electrons. The highest BCUT2D eigenvalue weighted by molar-refractivity contribution is 6.45. The van der Waals surface area contributed by atoms with E-state index in [1.54, 1.807) is 18.2 Å². The normalized spacial score (nSPS) is 11.1. The number of aromatic nitrogens is 2. The van der Waals surface area contributed by atoms with Crippen LogP contribution in [0.4, 0.5) is 5.69 Å². The van der Waals surface area contributed by atoms with Crippen LogP contribution in [0.3, 0.4) is 0 Å². The van der Waals surface area contributed by atoms with Gasteiger partial charge in [0, 0.05) is 6.07 Å². The van der Waals surface area contributed by atoms with Crippen LogP contribution in [0.15, 0.2) is 22.0 Å². The van der Waals surface area contributed by atoms with Crippen LogP contribution < -0.4 is 21.6 Å². The minimum atomic E-state index is -0.449. The maximum atomic E-state index is 11.2. The Balaban J connectivity index is 2.45. The zero-order valence-corrected chi connectivity index (χ0v) is 10.4. The van der Waals surface area contributed by atoms with Crippen LogP contribution in [0.1, 0.15) is 0 Å². The fourth-order valence-electron chi connectivity index (χ4n) is 1.58. The first-order valence-corrected chi connectivity index (χ1v) is 5.43. The zero-order valence-electron chi connectivity index (χ0n) is 10.4. The van der Waals surface area contributed by atoms with E-state index in [0.717, 1.165) is 0 Å². The van der Waals surface area contributed by atoms with Crippen molar-refractivity contribution in [2.24, 2.45) is 10.8 Å². The molecule has 2 aromatic rings. The van der Waals surface area contributed by atoms with Gasteiger partial charge in [0.2, 0.25) is 5.71 Å². The molecule has 1 aromatic carbocycles. The van der Waals surface area contributed by atoms with Gasteiger partial charge in [0.05, 0.1) is 18.1 Å². The molecule has 0 aliphatic carbocycles. The molecule has 0 aliphatic rings. The molecule has 0 spiro atoms. The Bertz CT molecular complexity index is 793. The number of amidine groups is 1. The number of nitriles is 1. The summed E-state index contributed by atoms with van der Waals surface area (Å²) in [6, 6.07) is 4.87. The van der Waals surface area contributed by atoms with Gasteiger partial charge in [-0.1, -0.05) is 0 Å². The molecule has 0 fully saturated rings. The summed E-state index contributed by atoms with van der Waals surface area (Å²) in [7, 11) is 1.46. The van der Waals surface area contributed by atoms with Gasteiger partial charge in [0.1, 0.15) is 17.5 Å². The summed E-state index contributed by atoms with van der Waals surface area (Å²) >= 11 is 0. The monoisotopic (exact) mass is 273 g/mol. The molecule has 102 valence electrons. The van der Waals surface area contributed by atoms with Crippen molar-refractivity contribution in [1.82, 2.24) is 9.97 Å². The molecule has 1 heterocycles. The van der Waals surface area contributed by atoms with Crippen molar-refractivity contribution in [3.8, 4) is 11.8 Å². The van der Waals surface area contributed by atoms with Crippen molar-refractivity contribution >= 4 is 28.3 Å². The molecule has 0 unspecified atom stereocenters. The highest BCUT2D eigenvalue weighted by Gasteiger charge is 2.08. The summed E-state index contributed by atoms with van der Waals surface area (Å²) in [6.45, 7) is 0. The van der Waals surface area contributed by atoms with Crippen LogP contribution in [-0.4, -0.2) is 28.6 Å². The molecule has 0 aliphatic heterocycles. The first-order valence-electron chi connectivity index (χ1n) is 5.43. The van der Waals surface area contributed by atoms with Gasteiger partial charge in [0.15, 0.2) is 5.84 Å². The first kappa shape index (κ1) is 13.2. The van der Waals surface area contributed by atoms with Crippen molar-refractivity contribution < 1.29 is 4.74 Å². The number of hydrogen-bond donors (Lipinski definition) is 5. The van der Waals surface area contributed by atoms with Gasteiger partial charge in [-0.2, -0.15) is 10.4 Å². The maximum Gasteiger partial charge on any atom is 0.323 e. The molecule has 0 saturated heterocycles. The lowest BCUT2D eigenvalue weighted by molar-refractivity contribution is 0.417. The summed E-state index contributed by atoms with van der Waals surface area (Å²) in [6.07, 6.45) is 0. The number of ether oxygens (including phenoxy) is 1. The number of hydrazone groups is 1. The Morgan fingerprint density at radius 1 is 1.50 bits per heavy atom. The van der Waals surface area contributed by atoms with E-state index in [4.69, 9.17) is 21.1 Å². The van der Waals surface area contributed by atoms with Crippen molar-refractivity contribution in [2.45, 2.75) is 0 Å². The number of anilines is 1. The standard InChI is InChI=1S/C11H11N7O2/c1-20-9-3-6-5(15-11(19)16-6)2-7(9)17-18-8(4-12)10(13)14/h2-3,17H,1H3,(H3,13,14)(H2,15,16,19)/b18-8+. The van der Waals surface area contributed by atoms with E-state index >= 15 is 0 Å². The largest absolute Gasteiger partial charge is 0.494 e. The number of imidazole rings is 1. The molecular weight excluding hydrogens is 262 g/mol. The second-order valence-corrected chi connectivity index (χ2v) is 3.77. The van der Waals surface area contributed by atoms with Crippen molar-refractivity contribution in [3.05, 3.63) is 22.6 Å². The summed E-state index contributed by atoms with van der Waals surface area (Å²) in [5.41, 5.74) is 8.71. The van der Waals surface area contributed by atoms with E-state index in [0.29, 0.717) is 22.5 Å². The third-order valence-corrected chi connectivity index (χ3v) is 2.49. The van der Waals surface area contributed by atoms with Crippen molar-refractivity contribution in [1.29, 1.82) is 10.7 Å². The number of methoxy groups -OCH3 is 1. The average molecular weight is 273 g/mol. The van der Waals surface area contributed by atoms with E-state index in [1.165, 1.54) is 7.11 Å². The lowest BCUT2D eigenvalue weighted by Gasteiger charge is -2.08. The highest BCUT2D eigenvalue weighted by Crippen LogP contribution is 2.28. The predicted molar refractivity (Wildman–Crippen MR) is 74.1 cm³/mol. The van der Waals surface area contributed by atoms with Gasteiger partial charge >= 0.3 is 5.69 Å². The van der Waals surface area contributed by atoms with E-state index < -0.39 is 5.84 Å². The zero-order chi connectivity index (χ0) is 14.7. The number of benzene rings is 1. The number of nitrogens with two attached hydrogens (primary N) is 1. The predicted octanol–water partition coefficient (Wildman–Crippen LogP) is 0.0922. The molecule has 0 saturated carbocycles. The van der Waals surface area contributed by atoms with Crippen LogP contribution in [0, 0.1) is 16.7 Å². The number of fused-ring (bicyclic) bond motifs is 1. The second kappa shape index (κ2) is 5.15. The minimum Gasteiger partial charge on any atom is -0.494 e. The Morgan fingerprint density at radius 3 is 2.70 bits per heavy atom. The Hall–Kier alpha value is -3.28. The van der Waals surface area contributed by atoms with E-state index in [-0.39, 0.29) is 11.4 Å². The Labute approximate surface area is 112 Å². The summed E-state index contributed by atoms with van der Waals surface area (Å²) in [5, 5.41) is 19.6. The number of rotatable bonds is 4. The number of nitrogens with one attached hydrogen (secondary N) is 4. The Morgan fingerprint density at radius 2 is 2.15 bits per heavy atom. The second-order valence-electron chi connectivity index (χ2n) is 3.77. The van der Waals surface area contributed by atoms with Crippen LogP contribution >= 0.6 is 0 Å². The topological polar surface area (TPSA) is 156 Å². The number of aromatic amines is 2. The third-order valence-electron chi connectivity index (χ3n) is 2.49. The molecule has 0 amide bonds. The SMILES string of the molecule is COc1cc2[nH]c(=O)[nH]c2cc1N/N=C(\C#N)C(=N)N. The maximum absolute atomic E-state index is 11.2. The first-order chi connectivity index (χ1) is 9.55. The highest BCUT2D eigenvalue weighted by atomic mass is 16.5. The molecule has 20 heavy (non-hydrogen) atoms. The molecule has 9 nitrogen and oxygen atoms in total. The Kier molecular flexibility index (Phi) is 3.39. The molecule has 6 N–H and O–H groups in total. The fraction of sp³-hybridized carbons (Fsp3) is 0.0909. The molecule has 1 aromatic heterocycles. The number of H-pyrrole nitrogens is 2. The summed E-state index contributed by atoms with van der Waals surface area (Å²) in [4.78, 5) is 16.4. The average Bonchev–Trinajstić information content (AvgIpc) is 2.77. The quantitative estimate of drug-likeness (QED) is 0.303. The van der Waals surface area contributed by atoms with E-state index in [2.05, 4.69) is 20.5 Å². The van der Waals surface area contributed by atoms with Gasteiger partial charge in [-0.15, -0.1) is 0 Å². The molecular formula is C11H11N7O2.